The van der Waals surface area contributed by atoms with Crippen molar-refractivity contribution < 1.29 is 4.74 Å². The fourth-order valence-electron chi connectivity index (χ4n) is 2.76. The highest BCUT2D eigenvalue weighted by atomic mass is 32.1. The lowest BCUT2D eigenvalue weighted by atomic mass is 10.1. The van der Waals surface area contributed by atoms with Gasteiger partial charge in [0.2, 0.25) is 0 Å². The van der Waals surface area contributed by atoms with Gasteiger partial charge >= 0.3 is 0 Å². The molecule has 0 aromatic carbocycles. The van der Waals surface area contributed by atoms with Crippen molar-refractivity contribution >= 4 is 17.3 Å². The Kier molecular flexibility index (Phi) is 12.4. The van der Waals surface area contributed by atoms with Crippen LogP contribution in [0.2, 0.25) is 0 Å². The minimum absolute atomic E-state index is 0.342. The van der Waals surface area contributed by atoms with Crippen molar-refractivity contribution in [1.82, 2.24) is 15.5 Å². The molecule has 6 heteroatoms. The first kappa shape index (κ1) is 21.9. The zero-order valence-electron chi connectivity index (χ0n) is 16.4. The molecule has 0 aliphatic rings. The van der Waals surface area contributed by atoms with Crippen molar-refractivity contribution in [1.29, 1.82) is 0 Å². The van der Waals surface area contributed by atoms with Crippen molar-refractivity contribution in [2.75, 3.05) is 45.9 Å². The highest BCUT2D eigenvalue weighted by Gasteiger charge is 2.18. The molecule has 1 heterocycles. The van der Waals surface area contributed by atoms with Crippen LogP contribution in [0.3, 0.4) is 0 Å². The molecule has 144 valence electrons. The maximum atomic E-state index is 5.38. The Bertz CT molecular complexity index is 446. The zero-order valence-corrected chi connectivity index (χ0v) is 17.2. The summed E-state index contributed by atoms with van der Waals surface area (Å²) >= 11 is 1.76. The lowest BCUT2D eigenvalue weighted by Gasteiger charge is -2.28. The monoisotopic (exact) mass is 368 g/mol. The number of nitrogens with zero attached hydrogens (tertiary/aromatic N) is 2. The van der Waals surface area contributed by atoms with Crippen molar-refractivity contribution in [3.63, 3.8) is 0 Å². The van der Waals surface area contributed by atoms with Gasteiger partial charge in [0.1, 0.15) is 0 Å². The number of thiophene rings is 1. The minimum Gasteiger partial charge on any atom is -0.382 e. The van der Waals surface area contributed by atoms with Gasteiger partial charge in [0, 0.05) is 26.3 Å². The summed E-state index contributed by atoms with van der Waals surface area (Å²) in [6.07, 6.45) is 2.17. The fraction of sp³-hybridized carbons (Fsp3) is 0.737. The van der Waals surface area contributed by atoms with Crippen LogP contribution in [0.25, 0.3) is 0 Å². The molecule has 1 rings (SSSR count). The number of likely N-dealkylation sites (N-methyl/N-ethyl adjacent to an activating group) is 1. The first-order valence-corrected chi connectivity index (χ1v) is 10.6. The molecule has 2 N–H and O–H groups in total. The van der Waals surface area contributed by atoms with E-state index >= 15 is 0 Å². The summed E-state index contributed by atoms with van der Waals surface area (Å²) < 4.78 is 5.38. The summed E-state index contributed by atoms with van der Waals surface area (Å²) in [5.74, 6) is 0.909. The van der Waals surface area contributed by atoms with Crippen LogP contribution in [0, 0.1) is 0 Å². The van der Waals surface area contributed by atoms with E-state index < -0.39 is 0 Å². The Balaban J connectivity index is 2.59. The molecule has 0 spiro atoms. The van der Waals surface area contributed by atoms with Gasteiger partial charge in [-0.15, -0.1) is 0 Å². The molecule has 0 aliphatic heterocycles. The molecule has 5 nitrogen and oxygen atoms in total. The van der Waals surface area contributed by atoms with E-state index in [0.717, 1.165) is 64.7 Å². The molecule has 1 unspecified atom stereocenters. The van der Waals surface area contributed by atoms with Gasteiger partial charge in [-0.05, 0) is 62.2 Å². The lowest BCUT2D eigenvalue weighted by molar-refractivity contribution is 0.143. The van der Waals surface area contributed by atoms with Gasteiger partial charge in [0.05, 0.1) is 12.6 Å². The number of nitrogens with one attached hydrogen (secondary N) is 2. The van der Waals surface area contributed by atoms with Gasteiger partial charge in [-0.3, -0.25) is 9.89 Å². The van der Waals surface area contributed by atoms with Crippen molar-refractivity contribution in [3.05, 3.63) is 22.4 Å². The average Bonchev–Trinajstić information content (AvgIpc) is 3.15. The molecule has 0 aliphatic carbocycles. The van der Waals surface area contributed by atoms with Gasteiger partial charge in [0.25, 0.3) is 0 Å². The van der Waals surface area contributed by atoms with Gasteiger partial charge in [-0.2, -0.15) is 11.3 Å². The first-order valence-electron chi connectivity index (χ1n) is 9.62. The molecule has 1 aromatic rings. The number of aliphatic imine (C=N–C) groups is 1. The quantitative estimate of drug-likeness (QED) is 0.318. The molecule has 0 amide bonds. The Labute approximate surface area is 157 Å². The second-order valence-electron chi connectivity index (χ2n) is 5.84. The SMILES string of the molecule is CCNC(=NCC(c1ccsc1)N(CC)CC)NCCCCOCC. The first-order chi connectivity index (χ1) is 12.3. The van der Waals surface area contributed by atoms with E-state index in [4.69, 9.17) is 9.73 Å². The summed E-state index contributed by atoms with van der Waals surface area (Å²) in [6, 6.07) is 2.56. The topological polar surface area (TPSA) is 48.9 Å². The van der Waals surface area contributed by atoms with Gasteiger partial charge in [-0.25, -0.2) is 0 Å². The maximum Gasteiger partial charge on any atom is 0.191 e. The lowest BCUT2D eigenvalue weighted by Crippen LogP contribution is -2.39. The zero-order chi connectivity index (χ0) is 18.3. The predicted octanol–water partition coefficient (Wildman–Crippen LogP) is 3.50. The number of guanidine groups is 1. The van der Waals surface area contributed by atoms with E-state index in [1.54, 1.807) is 11.3 Å². The average molecular weight is 369 g/mol. The minimum atomic E-state index is 0.342. The van der Waals surface area contributed by atoms with Crippen LogP contribution in [-0.4, -0.2) is 56.8 Å². The van der Waals surface area contributed by atoms with Gasteiger partial charge in [0.15, 0.2) is 5.96 Å². The highest BCUT2D eigenvalue weighted by molar-refractivity contribution is 7.07. The van der Waals surface area contributed by atoms with E-state index in [1.807, 2.05) is 6.92 Å². The van der Waals surface area contributed by atoms with Crippen molar-refractivity contribution in [2.45, 2.75) is 46.6 Å². The van der Waals surface area contributed by atoms with Crippen molar-refractivity contribution in [2.24, 2.45) is 4.99 Å². The van der Waals surface area contributed by atoms with E-state index in [1.165, 1.54) is 5.56 Å². The molecule has 0 bridgehead atoms. The normalized spacial score (nSPS) is 13.2. The smallest absolute Gasteiger partial charge is 0.191 e. The summed E-state index contributed by atoms with van der Waals surface area (Å²) in [6.45, 7) is 14.9. The van der Waals surface area contributed by atoms with Crippen LogP contribution in [0.4, 0.5) is 0 Å². The van der Waals surface area contributed by atoms with Crippen LogP contribution in [0.5, 0.6) is 0 Å². The number of hydrogen-bond acceptors (Lipinski definition) is 4. The number of hydrogen-bond donors (Lipinski definition) is 2. The number of unbranched alkanes of at least 4 members (excludes halogenated alkanes) is 1. The van der Waals surface area contributed by atoms with Crippen LogP contribution in [0.15, 0.2) is 21.8 Å². The molecule has 1 aromatic heterocycles. The Morgan fingerprint density at radius 2 is 2.00 bits per heavy atom. The number of rotatable bonds is 13. The molecular weight excluding hydrogens is 332 g/mol. The van der Waals surface area contributed by atoms with Crippen LogP contribution in [0.1, 0.15) is 52.1 Å². The molecule has 0 saturated carbocycles. The van der Waals surface area contributed by atoms with Crippen molar-refractivity contribution in [3.8, 4) is 0 Å². The predicted molar refractivity (Wildman–Crippen MR) is 110 cm³/mol. The molecular formula is C19H36N4OS. The van der Waals surface area contributed by atoms with E-state index in [9.17, 15) is 0 Å². The van der Waals surface area contributed by atoms with E-state index in [2.05, 4.69) is 53.1 Å². The third-order valence-electron chi connectivity index (χ3n) is 4.16. The van der Waals surface area contributed by atoms with Crippen LogP contribution >= 0.6 is 11.3 Å². The highest BCUT2D eigenvalue weighted by Crippen LogP contribution is 2.23. The van der Waals surface area contributed by atoms with E-state index in [-0.39, 0.29) is 0 Å². The van der Waals surface area contributed by atoms with Gasteiger partial charge < -0.3 is 15.4 Å². The summed E-state index contributed by atoms with van der Waals surface area (Å²) in [7, 11) is 0. The second kappa shape index (κ2) is 14.1. The molecule has 25 heavy (non-hydrogen) atoms. The standard InChI is InChI=1S/C19H36N4OS/c1-5-20-19(21-12-9-10-13-24-8-4)22-15-18(23(6-2)7-3)17-11-14-25-16-17/h11,14,16,18H,5-10,12-13,15H2,1-4H3,(H2,20,21,22). The molecule has 0 saturated heterocycles. The Hall–Kier alpha value is -1.11. The third-order valence-corrected chi connectivity index (χ3v) is 4.86. The summed E-state index contributed by atoms with van der Waals surface area (Å²) in [4.78, 5) is 7.32. The van der Waals surface area contributed by atoms with Gasteiger partial charge in [-0.1, -0.05) is 13.8 Å². The summed E-state index contributed by atoms with van der Waals surface area (Å²) in [5.41, 5.74) is 1.37. The largest absolute Gasteiger partial charge is 0.382 e. The van der Waals surface area contributed by atoms with Crippen LogP contribution < -0.4 is 10.6 Å². The fourth-order valence-corrected chi connectivity index (χ4v) is 3.47. The molecule has 1 atom stereocenters. The Morgan fingerprint density at radius 3 is 2.60 bits per heavy atom. The summed E-state index contributed by atoms with van der Waals surface area (Å²) in [5, 5.41) is 11.2. The third kappa shape index (κ3) is 8.70. The molecule has 0 fully saturated rings. The van der Waals surface area contributed by atoms with Crippen LogP contribution in [-0.2, 0) is 4.74 Å². The van der Waals surface area contributed by atoms with E-state index in [0.29, 0.717) is 6.04 Å². The number of ether oxygens (including phenoxy) is 1. The Morgan fingerprint density at radius 1 is 1.20 bits per heavy atom. The second-order valence-corrected chi connectivity index (χ2v) is 6.62. The molecule has 0 radical (unpaired) electrons. The maximum absolute atomic E-state index is 5.38.